The van der Waals surface area contributed by atoms with Gasteiger partial charge in [-0.2, -0.15) is 0 Å². The molecule has 0 bridgehead atoms. The lowest BCUT2D eigenvalue weighted by Gasteiger charge is -2.14. The molecule has 0 spiro atoms. The Kier molecular flexibility index (Phi) is 6.79. The Balaban J connectivity index is 1.91. The number of thioether (sulfide) groups is 1. The Morgan fingerprint density at radius 1 is 1.03 bits per heavy atom. The van der Waals surface area contributed by atoms with E-state index in [-0.39, 0.29) is 24.0 Å². The molecule has 0 unspecified atom stereocenters. The third-order valence-electron chi connectivity index (χ3n) is 4.45. The summed E-state index contributed by atoms with van der Waals surface area (Å²) in [5.74, 6) is -0.173. The van der Waals surface area contributed by atoms with Gasteiger partial charge in [0.25, 0.3) is 17.5 Å². The summed E-state index contributed by atoms with van der Waals surface area (Å²) in [4.78, 5) is 38.0. The highest BCUT2D eigenvalue weighted by atomic mass is 32.2. The predicted molar refractivity (Wildman–Crippen MR) is 111 cm³/mol. The van der Waals surface area contributed by atoms with Crippen molar-refractivity contribution in [2.24, 2.45) is 0 Å². The van der Waals surface area contributed by atoms with Gasteiger partial charge in [-0.3, -0.25) is 24.6 Å². The van der Waals surface area contributed by atoms with Crippen molar-refractivity contribution in [2.75, 3.05) is 20.3 Å². The van der Waals surface area contributed by atoms with Gasteiger partial charge in [0.2, 0.25) is 0 Å². The standard InChI is InChI=1S/C21H20N2O5S/c1-28-13-5-12-22-20(24)18(16-8-10-17(11-9-16)23(26)27)19(21(22)25)29-14-15-6-3-2-4-7-15/h2-4,6-11H,5,12-14H2,1H3. The zero-order valence-electron chi connectivity index (χ0n) is 15.9. The van der Waals surface area contributed by atoms with Crippen LogP contribution in [0.5, 0.6) is 0 Å². The largest absolute Gasteiger partial charge is 0.385 e. The van der Waals surface area contributed by atoms with Crippen molar-refractivity contribution in [1.29, 1.82) is 0 Å². The third-order valence-corrected chi connectivity index (χ3v) is 5.59. The van der Waals surface area contributed by atoms with Gasteiger partial charge in [0, 0.05) is 38.1 Å². The summed E-state index contributed by atoms with van der Waals surface area (Å²) in [5, 5.41) is 10.9. The van der Waals surface area contributed by atoms with Gasteiger partial charge in [0.15, 0.2) is 0 Å². The van der Waals surface area contributed by atoms with Gasteiger partial charge in [0.05, 0.1) is 15.4 Å². The molecule has 150 valence electrons. The Hall–Kier alpha value is -2.97. The number of non-ortho nitro benzene ring substituents is 1. The molecule has 0 aromatic heterocycles. The molecule has 8 heteroatoms. The second-order valence-corrected chi connectivity index (χ2v) is 7.38. The minimum atomic E-state index is -0.498. The first-order valence-electron chi connectivity index (χ1n) is 9.04. The number of hydrogen-bond acceptors (Lipinski definition) is 6. The number of imide groups is 1. The number of benzene rings is 2. The fourth-order valence-corrected chi connectivity index (χ4v) is 4.08. The van der Waals surface area contributed by atoms with E-state index >= 15 is 0 Å². The maximum atomic E-state index is 13.0. The number of carbonyl (C=O) groups excluding carboxylic acids is 2. The third kappa shape index (κ3) is 4.72. The number of amides is 2. The number of hydrogen-bond donors (Lipinski definition) is 0. The minimum absolute atomic E-state index is 0.0680. The molecule has 0 fully saturated rings. The van der Waals surface area contributed by atoms with Crippen molar-refractivity contribution in [3.63, 3.8) is 0 Å². The number of nitro benzene ring substituents is 1. The number of methoxy groups -OCH3 is 1. The van der Waals surface area contributed by atoms with E-state index in [0.717, 1.165) is 5.56 Å². The van der Waals surface area contributed by atoms with Crippen LogP contribution in [0, 0.1) is 10.1 Å². The number of carbonyl (C=O) groups is 2. The van der Waals surface area contributed by atoms with E-state index in [2.05, 4.69) is 0 Å². The predicted octanol–water partition coefficient (Wildman–Crippen LogP) is 3.64. The lowest BCUT2D eigenvalue weighted by molar-refractivity contribution is -0.384. The molecule has 29 heavy (non-hydrogen) atoms. The van der Waals surface area contributed by atoms with E-state index in [9.17, 15) is 19.7 Å². The first-order valence-corrected chi connectivity index (χ1v) is 10.0. The normalized spacial score (nSPS) is 14.0. The van der Waals surface area contributed by atoms with Crippen molar-refractivity contribution >= 4 is 34.8 Å². The quantitative estimate of drug-likeness (QED) is 0.270. The number of ether oxygens (including phenoxy) is 1. The fraction of sp³-hybridized carbons (Fsp3) is 0.238. The topological polar surface area (TPSA) is 89.8 Å². The molecular formula is C21H20N2O5S. The second kappa shape index (κ2) is 9.49. The molecule has 3 rings (SSSR count). The van der Waals surface area contributed by atoms with Crippen LogP contribution in [-0.2, 0) is 20.1 Å². The van der Waals surface area contributed by atoms with E-state index in [1.54, 1.807) is 7.11 Å². The molecule has 7 nitrogen and oxygen atoms in total. The second-order valence-electron chi connectivity index (χ2n) is 6.39. The van der Waals surface area contributed by atoms with Crippen molar-refractivity contribution < 1.29 is 19.2 Å². The molecule has 0 saturated carbocycles. The summed E-state index contributed by atoms with van der Waals surface area (Å²) in [5.41, 5.74) is 1.76. The van der Waals surface area contributed by atoms with Gasteiger partial charge < -0.3 is 4.74 Å². The first-order chi connectivity index (χ1) is 14.0. The molecule has 1 heterocycles. The molecule has 0 radical (unpaired) electrons. The van der Waals surface area contributed by atoms with Crippen LogP contribution in [0.2, 0.25) is 0 Å². The molecule has 1 aliphatic rings. The van der Waals surface area contributed by atoms with Crippen LogP contribution in [-0.4, -0.2) is 41.9 Å². The fourth-order valence-electron chi connectivity index (χ4n) is 2.99. The van der Waals surface area contributed by atoms with Crippen molar-refractivity contribution in [3.8, 4) is 0 Å². The van der Waals surface area contributed by atoms with Crippen LogP contribution in [0.1, 0.15) is 17.5 Å². The summed E-state index contributed by atoms with van der Waals surface area (Å²) in [6, 6.07) is 15.4. The summed E-state index contributed by atoms with van der Waals surface area (Å²) in [7, 11) is 1.56. The summed E-state index contributed by atoms with van der Waals surface area (Å²) < 4.78 is 5.02. The highest BCUT2D eigenvalue weighted by Gasteiger charge is 2.38. The molecule has 0 N–H and O–H groups in total. The van der Waals surface area contributed by atoms with E-state index < -0.39 is 4.92 Å². The number of rotatable bonds is 9. The monoisotopic (exact) mass is 412 g/mol. The molecule has 2 amide bonds. The van der Waals surface area contributed by atoms with Crippen LogP contribution in [0.4, 0.5) is 5.69 Å². The first kappa shape index (κ1) is 20.8. The van der Waals surface area contributed by atoms with Crippen molar-refractivity contribution in [3.05, 3.63) is 80.7 Å². The van der Waals surface area contributed by atoms with Crippen LogP contribution < -0.4 is 0 Å². The van der Waals surface area contributed by atoms with Gasteiger partial charge in [-0.25, -0.2) is 0 Å². The van der Waals surface area contributed by atoms with Crippen LogP contribution in [0.3, 0.4) is 0 Å². The molecule has 2 aromatic carbocycles. The summed E-state index contributed by atoms with van der Waals surface area (Å²) >= 11 is 1.31. The molecule has 1 aliphatic heterocycles. The minimum Gasteiger partial charge on any atom is -0.385 e. The Bertz CT molecular complexity index is 941. The number of nitro groups is 1. The van der Waals surface area contributed by atoms with E-state index in [0.29, 0.717) is 34.8 Å². The zero-order chi connectivity index (χ0) is 20.8. The smallest absolute Gasteiger partial charge is 0.269 e. The van der Waals surface area contributed by atoms with Crippen LogP contribution in [0.15, 0.2) is 59.5 Å². The maximum Gasteiger partial charge on any atom is 0.269 e. The Morgan fingerprint density at radius 2 is 1.72 bits per heavy atom. The molecule has 2 aromatic rings. The van der Waals surface area contributed by atoms with Gasteiger partial charge in [-0.15, -0.1) is 11.8 Å². The van der Waals surface area contributed by atoms with Gasteiger partial charge >= 0.3 is 0 Å². The van der Waals surface area contributed by atoms with Gasteiger partial charge in [-0.05, 0) is 29.7 Å². The Morgan fingerprint density at radius 3 is 2.34 bits per heavy atom. The maximum absolute atomic E-state index is 13.0. The van der Waals surface area contributed by atoms with Gasteiger partial charge in [0.1, 0.15) is 0 Å². The SMILES string of the molecule is COCCCN1C(=O)C(SCc2ccccc2)=C(c2ccc([N+](=O)[O-])cc2)C1=O. The molecule has 0 aliphatic carbocycles. The lowest BCUT2D eigenvalue weighted by Crippen LogP contribution is -2.33. The molecular weight excluding hydrogens is 392 g/mol. The van der Waals surface area contributed by atoms with E-state index in [1.165, 1.54) is 40.9 Å². The van der Waals surface area contributed by atoms with Crippen LogP contribution in [0.25, 0.3) is 5.57 Å². The van der Waals surface area contributed by atoms with Crippen molar-refractivity contribution in [1.82, 2.24) is 4.90 Å². The van der Waals surface area contributed by atoms with Crippen molar-refractivity contribution in [2.45, 2.75) is 12.2 Å². The highest BCUT2D eigenvalue weighted by Crippen LogP contribution is 2.38. The van der Waals surface area contributed by atoms with Gasteiger partial charge in [-0.1, -0.05) is 30.3 Å². The van der Waals surface area contributed by atoms with E-state index in [4.69, 9.17) is 4.74 Å². The highest BCUT2D eigenvalue weighted by molar-refractivity contribution is 8.03. The lowest BCUT2D eigenvalue weighted by atomic mass is 10.1. The average molecular weight is 412 g/mol. The van der Waals surface area contributed by atoms with E-state index in [1.807, 2.05) is 30.3 Å². The average Bonchev–Trinajstić information content (AvgIpc) is 2.97. The van der Waals surface area contributed by atoms with Crippen LogP contribution >= 0.6 is 11.8 Å². The molecule has 0 saturated heterocycles. The Labute approximate surface area is 172 Å². The number of nitrogens with zero attached hydrogens (tertiary/aromatic N) is 2. The zero-order valence-corrected chi connectivity index (χ0v) is 16.7. The molecule has 0 atom stereocenters. The summed E-state index contributed by atoms with van der Waals surface area (Å²) in [6.45, 7) is 0.702. The summed E-state index contributed by atoms with van der Waals surface area (Å²) in [6.07, 6.45) is 0.540.